The first kappa shape index (κ1) is 18.6. The van der Waals surface area contributed by atoms with Gasteiger partial charge in [-0.25, -0.2) is 8.42 Å². The van der Waals surface area contributed by atoms with Gasteiger partial charge in [0.25, 0.3) is 15.9 Å². The number of halogens is 1. The molecule has 0 fully saturated rings. The fourth-order valence-corrected chi connectivity index (χ4v) is 3.41. The fourth-order valence-electron chi connectivity index (χ4n) is 1.99. The summed E-state index contributed by atoms with van der Waals surface area (Å²) in [6.45, 7) is 1.87. The van der Waals surface area contributed by atoms with Crippen LogP contribution in [0.15, 0.2) is 51.8 Å². The zero-order valence-electron chi connectivity index (χ0n) is 13.4. The smallest absolute Gasteiger partial charge is 0.264 e. The Bertz CT molecular complexity index is 868. The molecule has 0 aromatic heterocycles. The fraction of sp³-hybridized carbons (Fsp3) is 0.188. The molecule has 24 heavy (non-hydrogen) atoms. The van der Waals surface area contributed by atoms with Crippen LogP contribution in [0.25, 0.3) is 0 Å². The number of para-hydroxylation sites is 1. The van der Waals surface area contributed by atoms with E-state index in [0.717, 1.165) is 10.0 Å². The number of hydrogen-bond acceptors (Lipinski definition) is 4. The molecular weight excluding hydrogens is 396 g/mol. The highest BCUT2D eigenvalue weighted by Gasteiger charge is 2.23. The zero-order valence-corrected chi connectivity index (χ0v) is 15.8. The minimum Gasteiger partial charge on any atom is -0.322 e. The molecule has 2 rings (SSSR count). The van der Waals surface area contributed by atoms with Gasteiger partial charge in [-0.15, -0.1) is 0 Å². The van der Waals surface area contributed by atoms with E-state index in [9.17, 15) is 13.2 Å². The number of carbonyl (C=O) groups is 1. The molecular formula is C16H17BrN2O4S. The van der Waals surface area contributed by atoms with Gasteiger partial charge in [-0.3, -0.25) is 9.63 Å². The molecule has 0 saturated carbocycles. The highest BCUT2D eigenvalue weighted by molar-refractivity contribution is 9.10. The molecule has 0 radical (unpaired) electrons. The summed E-state index contributed by atoms with van der Waals surface area (Å²) >= 11 is 3.28. The van der Waals surface area contributed by atoms with Crippen molar-refractivity contribution in [1.29, 1.82) is 0 Å². The number of benzene rings is 2. The van der Waals surface area contributed by atoms with E-state index in [2.05, 4.69) is 21.2 Å². The molecule has 2 aromatic rings. The topological polar surface area (TPSA) is 75.7 Å². The largest absolute Gasteiger partial charge is 0.322 e. The van der Waals surface area contributed by atoms with E-state index in [4.69, 9.17) is 4.84 Å². The van der Waals surface area contributed by atoms with Gasteiger partial charge in [0.2, 0.25) is 0 Å². The molecule has 2 aromatic carbocycles. The van der Waals surface area contributed by atoms with Gasteiger partial charge in [0.05, 0.1) is 17.6 Å². The van der Waals surface area contributed by atoms with Gasteiger partial charge in [0.15, 0.2) is 0 Å². The minimum absolute atomic E-state index is 0.0371. The average molecular weight is 413 g/mol. The molecule has 0 aliphatic heterocycles. The maximum atomic E-state index is 12.5. The summed E-state index contributed by atoms with van der Waals surface area (Å²) in [5.74, 6) is -0.409. The van der Waals surface area contributed by atoms with E-state index in [1.807, 2.05) is 25.1 Å². The average Bonchev–Trinajstić information content (AvgIpc) is 2.56. The number of hydrogen-bond donors (Lipinski definition) is 1. The number of hydroxylamine groups is 1. The number of nitrogens with zero attached hydrogens (tertiary/aromatic N) is 1. The second-order valence-corrected chi connectivity index (χ2v) is 7.80. The van der Waals surface area contributed by atoms with Crippen LogP contribution in [-0.2, 0) is 14.9 Å². The van der Waals surface area contributed by atoms with Crippen LogP contribution in [0.2, 0.25) is 0 Å². The van der Waals surface area contributed by atoms with Crippen LogP contribution in [0.4, 0.5) is 5.69 Å². The molecule has 6 nitrogen and oxygen atoms in total. The van der Waals surface area contributed by atoms with Gasteiger partial charge in [-0.2, -0.15) is 0 Å². The lowest BCUT2D eigenvalue weighted by atomic mass is 10.1. The van der Waals surface area contributed by atoms with Crippen molar-refractivity contribution in [1.82, 2.24) is 4.47 Å². The van der Waals surface area contributed by atoms with Crippen molar-refractivity contribution in [3.05, 3.63) is 58.1 Å². The Labute approximate surface area is 149 Å². The summed E-state index contributed by atoms with van der Waals surface area (Å²) in [6.07, 6.45) is 0. The Morgan fingerprint density at radius 3 is 2.50 bits per heavy atom. The highest BCUT2D eigenvalue weighted by atomic mass is 79.9. The lowest BCUT2D eigenvalue weighted by Crippen LogP contribution is -2.26. The van der Waals surface area contributed by atoms with Crippen molar-refractivity contribution < 1.29 is 18.0 Å². The molecule has 0 spiro atoms. The lowest BCUT2D eigenvalue weighted by Gasteiger charge is -2.15. The quantitative estimate of drug-likeness (QED) is 0.764. The number of nitrogens with one attached hydrogen (secondary N) is 1. The molecule has 0 atom stereocenters. The summed E-state index contributed by atoms with van der Waals surface area (Å²) in [5, 5.41) is 2.78. The lowest BCUT2D eigenvalue weighted by molar-refractivity contribution is -0.0258. The van der Waals surface area contributed by atoms with Crippen LogP contribution in [0.3, 0.4) is 0 Å². The molecule has 0 unspecified atom stereocenters. The molecule has 8 heteroatoms. The number of sulfonamides is 1. The normalized spacial score (nSPS) is 11.5. The molecule has 1 N–H and O–H groups in total. The van der Waals surface area contributed by atoms with Gasteiger partial charge >= 0.3 is 0 Å². The molecule has 0 heterocycles. The third kappa shape index (κ3) is 3.84. The van der Waals surface area contributed by atoms with E-state index < -0.39 is 15.9 Å². The van der Waals surface area contributed by atoms with Crippen LogP contribution in [0.5, 0.6) is 0 Å². The first-order valence-electron chi connectivity index (χ1n) is 6.97. The van der Waals surface area contributed by atoms with Gasteiger partial charge in [-0.1, -0.05) is 22.7 Å². The first-order valence-corrected chi connectivity index (χ1v) is 9.20. The Morgan fingerprint density at radius 2 is 1.88 bits per heavy atom. The van der Waals surface area contributed by atoms with Gasteiger partial charge in [-0.05, 0) is 52.7 Å². The van der Waals surface area contributed by atoms with Crippen LogP contribution >= 0.6 is 15.9 Å². The number of anilines is 1. The van der Waals surface area contributed by atoms with Crippen LogP contribution in [0, 0.1) is 6.92 Å². The third-order valence-corrected chi connectivity index (χ3v) is 5.84. The molecule has 1 amide bonds. The predicted octanol–water partition coefficient (Wildman–Crippen LogP) is 3.19. The SMILES string of the molecule is CON(C)S(=O)(=O)c1ccc(Br)c(C(=O)Nc2ccccc2C)c1. The Balaban J connectivity index is 2.39. The van der Waals surface area contributed by atoms with Crippen molar-refractivity contribution >= 4 is 37.5 Å². The summed E-state index contributed by atoms with van der Waals surface area (Å²) in [6, 6.07) is 11.6. The molecule has 0 saturated heterocycles. The van der Waals surface area contributed by atoms with E-state index in [0.29, 0.717) is 10.2 Å². The second-order valence-electron chi connectivity index (χ2n) is 5.01. The summed E-state index contributed by atoms with van der Waals surface area (Å²) in [5.41, 5.74) is 1.78. The monoisotopic (exact) mass is 412 g/mol. The standard InChI is InChI=1S/C16H17BrN2O4S/c1-11-6-4-5-7-15(11)18-16(20)13-10-12(8-9-14(13)17)24(21,22)19(2)23-3/h4-10H,1-3H3,(H,18,20). The third-order valence-electron chi connectivity index (χ3n) is 3.47. The van der Waals surface area contributed by atoms with E-state index >= 15 is 0 Å². The number of amides is 1. The predicted molar refractivity (Wildman–Crippen MR) is 95.2 cm³/mol. The van der Waals surface area contributed by atoms with Crippen molar-refractivity contribution in [3.63, 3.8) is 0 Å². The van der Waals surface area contributed by atoms with Gasteiger partial charge in [0.1, 0.15) is 0 Å². The maximum absolute atomic E-state index is 12.5. The minimum atomic E-state index is -3.83. The van der Waals surface area contributed by atoms with Crippen molar-refractivity contribution in [2.24, 2.45) is 0 Å². The molecule has 0 bridgehead atoms. The maximum Gasteiger partial charge on any atom is 0.264 e. The first-order chi connectivity index (χ1) is 11.3. The summed E-state index contributed by atoms with van der Waals surface area (Å²) < 4.78 is 25.9. The molecule has 0 aliphatic rings. The van der Waals surface area contributed by atoms with E-state index in [1.165, 1.54) is 32.4 Å². The van der Waals surface area contributed by atoms with Crippen LogP contribution < -0.4 is 5.32 Å². The highest BCUT2D eigenvalue weighted by Crippen LogP contribution is 2.24. The summed E-state index contributed by atoms with van der Waals surface area (Å²) in [4.78, 5) is 17.2. The van der Waals surface area contributed by atoms with Crippen LogP contribution in [0.1, 0.15) is 15.9 Å². The van der Waals surface area contributed by atoms with Crippen molar-refractivity contribution in [2.45, 2.75) is 11.8 Å². The van der Waals surface area contributed by atoms with E-state index in [-0.39, 0.29) is 10.5 Å². The van der Waals surface area contributed by atoms with Gasteiger partial charge < -0.3 is 5.32 Å². The summed E-state index contributed by atoms with van der Waals surface area (Å²) in [7, 11) is -1.30. The van der Waals surface area contributed by atoms with Crippen LogP contribution in [-0.4, -0.2) is 33.0 Å². The number of carbonyl (C=O) groups excluding carboxylic acids is 1. The Hall–Kier alpha value is -1.74. The van der Waals surface area contributed by atoms with Crippen molar-refractivity contribution in [2.75, 3.05) is 19.5 Å². The Morgan fingerprint density at radius 1 is 1.21 bits per heavy atom. The number of aryl methyl sites for hydroxylation is 1. The zero-order chi connectivity index (χ0) is 17.9. The number of rotatable bonds is 5. The van der Waals surface area contributed by atoms with E-state index in [1.54, 1.807) is 6.07 Å². The Kier molecular flexibility index (Phi) is 5.76. The molecule has 128 valence electrons. The molecule has 0 aliphatic carbocycles. The van der Waals surface area contributed by atoms with Crippen molar-refractivity contribution in [3.8, 4) is 0 Å². The second kappa shape index (κ2) is 7.43. The van der Waals surface area contributed by atoms with Gasteiger partial charge in [0, 0.05) is 17.2 Å².